The van der Waals surface area contributed by atoms with Gasteiger partial charge in [-0.05, 0) is 30.8 Å². The molecule has 2 aromatic rings. The van der Waals surface area contributed by atoms with Gasteiger partial charge in [-0.25, -0.2) is 4.98 Å². The van der Waals surface area contributed by atoms with E-state index < -0.39 is 0 Å². The van der Waals surface area contributed by atoms with E-state index in [1.165, 1.54) is 0 Å². The van der Waals surface area contributed by atoms with Crippen LogP contribution in [0.4, 0.5) is 5.82 Å². The van der Waals surface area contributed by atoms with Crippen LogP contribution in [-0.4, -0.2) is 12.0 Å². The van der Waals surface area contributed by atoms with E-state index in [4.69, 9.17) is 17.3 Å². The van der Waals surface area contributed by atoms with Gasteiger partial charge in [0.15, 0.2) is 0 Å². The first-order valence-electron chi connectivity index (χ1n) is 5.45. The number of rotatable bonds is 3. The second-order valence-corrected chi connectivity index (χ2v) is 5.26. The zero-order valence-electron chi connectivity index (χ0n) is 9.82. The molecule has 94 valence electrons. The number of nitrogen functional groups attached to an aromatic ring is 1. The second-order valence-electron chi connectivity index (χ2n) is 3.90. The molecule has 0 saturated carbocycles. The average Bonchev–Trinajstić information content (AvgIpc) is 2.35. The van der Waals surface area contributed by atoms with Crippen molar-refractivity contribution in [3.63, 3.8) is 0 Å². The number of benzene rings is 1. The summed E-state index contributed by atoms with van der Waals surface area (Å²) in [7, 11) is 1.88. The van der Waals surface area contributed by atoms with Crippen LogP contribution in [0.3, 0.4) is 0 Å². The molecule has 0 aliphatic rings. The molecule has 2 rings (SSSR count). The van der Waals surface area contributed by atoms with Crippen molar-refractivity contribution in [2.24, 2.45) is 0 Å². The largest absolute Gasteiger partial charge is 0.383 e. The number of aromatic nitrogens is 1. The maximum absolute atomic E-state index is 5.98. The van der Waals surface area contributed by atoms with Gasteiger partial charge in [-0.15, -0.1) is 0 Å². The van der Waals surface area contributed by atoms with Crippen molar-refractivity contribution in [3.8, 4) is 0 Å². The van der Waals surface area contributed by atoms with Crippen molar-refractivity contribution in [1.82, 2.24) is 10.3 Å². The Morgan fingerprint density at radius 3 is 2.83 bits per heavy atom. The molecule has 1 heterocycles. The molecule has 1 aromatic carbocycles. The minimum Gasteiger partial charge on any atom is -0.383 e. The molecule has 0 aliphatic heterocycles. The van der Waals surface area contributed by atoms with E-state index in [1.807, 2.05) is 37.4 Å². The third kappa shape index (κ3) is 2.83. The minimum absolute atomic E-state index is 0.0336. The quantitative estimate of drug-likeness (QED) is 0.909. The van der Waals surface area contributed by atoms with Gasteiger partial charge in [0.2, 0.25) is 0 Å². The standard InChI is InChI=1S/C13H13BrClN3/c1-17-12(8-3-2-4-9(14)5-8)11-6-10(15)7-18-13(11)16/h2-7,12,17H,1H3,(H2,16,18). The zero-order chi connectivity index (χ0) is 13.1. The fourth-order valence-electron chi connectivity index (χ4n) is 1.88. The third-order valence-electron chi connectivity index (χ3n) is 2.70. The molecule has 0 saturated heterocycles. The van der Waals surface area contributed by atoms with Gasteiger partial charge < -0.3 is 11.1 Å². The van der Waals surface area contributed by atoms with Crippen molar-refractivity contribution in [1.29, 1.82) is 0 Å². The van der Waals surface area contributed by atoms with Crippen LogP contribution in [0.5, 0.6) is 0 Å². The van der Waals surface area contributed by atoms with E-state index in [-0.39, 0.29) is 6.04 Å². The van der Waals surface area contributed by atoms with E-state index >= 15 is 0 Å². The Morgan fingerprint density at radius 1 is 1.39 bits per heavy atom. The average molecular weight is 327 g/mol. The summed E-state index contributed by atoms with van der Waals surface area (Å²) in [6, 6.07) is 9.85. The summed E-state index contributed by atoms with van der Waals surface area (Å²) in [5, 5.41) is 3.81. The van der Waals surface area contributed by atoms with Gasteiger partial charge >= 0.3 is 0 Å². The van der Waals surface area contributed by atoms with Crippen LogP contribution < -0.4 is 11.1 Å². The maximum Gasteiger partial charge on any atom is 0.128 e. The van der Waals surface area contributed by atoms with Crippen LogP contribution in [0.25, 0.3) is 0 Å². The summed E-state index contributed by atoms with van der Waals surface area (Å²) in [6.45, 7) is 0. The fourth-order valence-corrected chi connectivity index (χ4v) is 2.47. The van der Waals surface area contributed by atoms with Crippen LogP contribution in [0.2, 0.25) is 5.02 Å². The molecule has 18 heavy (non-hydrogen) atoms. The summed E-state index contributed by atoms with van der Waals surface area (Å²) >= 11 is 9.45. The lowest BCUT2D eigenvalue weighted by Gasteiger charge is -2.19. The highest BCUT2D eigenvalue weighted by Gasteiger charge is 2.16. The lowest BCUT2D eigenvalue weighted by molar-refractivity contribution is 0.691. The first kappa shape index (κ1) is 13.3. The van der Waals surface area contributed by atoms with Crippen molar-refractivity contribution in [2.45, 2.75) is 6.04 Å². The van der Waals surface area contributed by atoms with Gasteiger partial charge in [0.1, 0.15) is 5.82 Å². The molecule has 0 amide bonds. The van der Waals surface area contributed by atoms with Crippen LogP contribution >= 0.6 is 27.5 Å². The van der Waals surface area contributed by atoms with Gasteiger partial charge in [-0.3, -0.25) is 0 Å². The maximum atomic E-state index is 5.98. The van der Waals surface area contributed by atoms with Crippen LogP contribution in [0.15, 0.2) is 41.0 Å². The molecule has 0 aliphatic carbocycles. The molecule has 3 N–H and O–H groups in total. The summed E-state index contributed by atoms with van der Waals surface area (Å²) < 4.78 is 1.02. The molecular weight excluding hydrogens is 314 g/mol. The van der Waals surface area contributed by atoms with E-state index in [9.17, 15) is 0 Å². The highest BCUT2D eigenvalue weighted by molar-refractivity contribution is 9.10. The van der Waals surface area contributed by atoms with Crippen molar-refractivity contribution < 1.29 is 0 Å². The number of anilines is 1. The molecule has 0 radical (unpaired) electrons. The Morgan fingerprint density at radius 2 is 2.17 bits per heavy atom. The van der Waals surface area contributed by atoms with E-state index in [1.54, 1.807) is 6.20 Å². The molecule has 5 heteroatoms. The minimum atomic E-state index is -0.0336. The van der Waals surface area contributed by atoms with Crippen molar-refractivity contribution in [3.05, 3.63) is 57.2 Å². The molecule has 0 spiro atoms. The van der Waals surface area contributed by atoms with Crippen LogP contribution in [-0.2, 0) is 0 Å². The van der Waals surface area contributed by atoms with Crippen LogP contribution in [0.1, 0.15) is 17.2 Å². The predicted molar refractivity (Wildman–Crippen MR) is 78.7 cm³/mol. The lowest BCUT2D eigenvalue weighted by Crippen LogP contribution is -2.19. The van der Waals surface area contributed by atoms with Gasteiger partial charge in [-0.2, -0.15) is 0 Å². The van der Waals surface area contributed by atoms with Crippen molar-refractivity contribution in [2.75, 3.05) is 12.8 Å². The number of pyridine rings is 1. The van der Waals surface area contributed by atoms with Gasteiger partial charge in [0.25, 0.3) is 0 Å². The topological polar surface area (TPSA) is 50.9 Å². The fraction of sp³-hybridized carbons (Fsp3) is 0.154. The van der Waals surface area contributed by atoms with Gasteiger partial charge in [-0.1, -0.05) is 39.7 Å². The molecule has 0 bridgehead atoms. The normalized spacial score (nSPS) is 12.4. The highest BCUT2D eigenvalue weighted by Crippen LogP contribution is 2.28. The number of nitrogens with zero attached hydrogens (tertiary/aromatic N) is 1. The number of nitrogens with two attached hydrogens (primary N) is 1. The Labute approximate surface area is 119 Å². The number of hydrogen-bond acceptors (Lipinski definition) is 3. The van der Waals surface area contributed by atoms with Gasteiger partial charge in [0.05, 0.1) is 11.1 Å². The van der Waals surface area contributed by atoms with E-state index in [2.05, 4.69) is 26.2 Å². The third-order valence-corrected chi connectivity index (χ3v) is 3.40. The van der Waals surface area contributed by atoms with E-state index in [0.717, 1.165) is 15.6 Å². The number of hydrogen-bond donors (Lipinski definition) is 2. The number of nitrogens with one attached hydrogen (secondary N) is 1. The number of halogens is 2. The zero-order valence-corrected chi connectivity index (χ0v) is 12.2. The smallest absolute Gasteiger partial charge is 0.128 e. The summed E-state index contributed by atoms with van der Waals surface area (Å²) in [5.74, 6) is 0.485. The molecule has 1 unspecified atom stereocenters. The molecular formula is C13H13BrClN3. The van der Waals surface area contributed by atoms with E-state index in [0.29, 0.717) is 10.8 Å². The highest BCUT2D eigenvalue weighted by atomic mass is 79.9. The van der Waals surface area contributed by atoms with Crippen molar-refractivity contribution >= 4 is 33.3 Å². The summed E-state index contributed by atoms with van der Waals surface area (Å²) in [6.07, 6.45) is 1.55. The Kier molecular flexibility index (Phi) is 4.22. The second kappa shape index (κ2) is 5.69. The lowest BCUT2D eigenvalue weighted by atomic mass is 9.99. The SMILES string of the molecule is CNC(c1cccc(Br)c1)c1cc(Cl)cnc1N. The summed E-state index contributed by atoms with van der Waals surface area (Å²) in [5.41, 5.74) is 7.90. The molecule has 1 atom stereocenters. The monoisotopic (exact) mass is 325 g/mol. The summed E-state index contributed by atoms with van der Waals surface area (Å²) in [4.78, 5) is 4.09. The molecule has 3 nitrogen and oxygen atoms in total. The van der Waals surface area contributed by atoms with Crippen LogP contribution in [0, 0.1) is 0 Å². The first-order valence-corrected chi connectivity index (χ1v) is 6.62. The Hall–Kier alpha value is -1.10. The first-order chi connectivity index (χ1) is 8.61. The predicted octanol–water partition coefficient (Wildman–Crippen LogP) is 3.39. The van der Waals surface area contributed by atoms with Gasteiger partial charge in [0, 0.05) is 16.2 Å². The molecule has 1 aromatic heterocycles. The Bertz CT molecular complexity index is 560. The Balaban J connectivity index is 2.48. The molecule has 0 fully saturated rings.